The molecule has 0 rings (SSSR count). The van der Waals surface area contributed by atoms with Gasteiger partial charge in [0.15, 0.2) is 6.10 Å². The lowest BCUT2D eigenvalue weighted by Crippen LogP contribution is -2.30. The Morgan fingerprint density at radius 3 is 0.827 bits per heavy atom. The van der Waals surface area contributed by atoms with E-state index in [4.69, 9.17) is 14.2 Å². The summed E-state index contributed by atoms with van der Waals surface area (Å²) in [6.07, 6.45) is 82.2. The molecule has 0 aliphatic heterocycles. The number of rotatable bonds is 59. The zero-order valence-corrected chi connectivity index (χ0v) is 49.8. The van der Waals surface area contributed by atoms with E-state index in [1.54, 1.807) is 0 Å². The van der Waals surface area contributed by atoms with Gasteiger partial charge in [-0.05, 0) is 89.9 Å². The zero-order chi connectivity index (χ0) is 54.3. The molecule has 0 fully saturated rings. The van der Waals surface area contributed by atoms with Crippen LogP contribution in [0.4, 0.5) is 0 Å². The van der Waals surface area contributed by atoms with Gasteiger partial charge in [-0.15, -0.1) is 0 Å². The average molecular weight is 1050 g/mol. The molecule has 0 aromatic rings. The second kappa shape index (κ2) is 63.4. The third-order valence-electron chi connectivity index (χ3n) is 14.2. The number of unbranched alkanes of at least 4 members (excludes halogenated alkanes) is 36. The lowest BCUT2D eigenvalue weighted by atomic mass is 10.0. The zero-order valence-electron chi connectivity index (χ0n) is 49.8. The lowest BCUT2D eigenvalue weighted by Gasteiger charge is -2.18. The van der Waals surface area contributed by atoms with Gasteiger partial charge in [0, 0.05) is 19.3 Å². The highest BCUT2D eigenvalue weighted by Crippen LogP contribution is 2.17. The topological polar surface area (TPSA) is 78.9 Å². The summed E-state index contributed by atoms with van der Waals surface area (Å²) in [6, 6.07) is 0. The fourth-order valence-corrected chi connectivity index (χ4v) is 9.35. The van der Waals surface area contributed by atoms with Crippen molar-refractivity contribution in [2.24, 2.45) is 0 Å². The molecule has 6 heteroatoms. The van der Waals surface area contributed by atoms with Crippen LogP contribution in [0.2, 0.25) is 0 Å². The molecule has 0 bridgehead atoms. The molecular formula is C69H122O6. The van der Waals surface area contributed by atoms with Crippen molar-refractivity contribution in [2.75, 3.05) is 13.2 Å². The van der Waals surface area contributed by atoms with Crippen LogP contribution in [0.25, 0.3) is 0 Å². The second-order valence-corrected chi connectivity index (χ2v) is 21.6. The van der Waals surface area contributed by atoms with Crippen LogP contribution in [0.1, 0.15) is 329 Å². The number of hydrogen-bond donors (Lipinski definition) is 0. The summed E-state index contributed by atoms with van der Waals surface area (Å²) >= 11 is 0. The predicted molar refractivity (Wildman–Crippen MR) is 325 cm³/mol. The molecule has 6 nitrogen and oxygen atoms in total. The molecule has 0 saturated carbocycles. The molecular weight excluding hydrogens is 925 g/mol. The Morgan fingerprint density at radius 2 is 0.520 bits per heavy atom. The van der Waals surface area contributed by atoms with Crippen LogP contribution in [-0.2, 0) is 28.6 Å². The predicted octanol–water partition coefficient (Wildman–Crippen LogP) is 22.1. The molecule has 0 aromatic heterocycles. The van der Waals surface area contributed by atoms with Crippen LogP contribution >= 0.6 is 0 Å². The quantitative estimate of drug-likeness (QED) is 0.0261. The second-order valence-electron chi connectivity index (χ2n) is 21.6. The summed E-state index contributed by atoms with van der Waals surface area (Å²) < 4.78 is 16.9. The summed E-state index contributed by atoms with van der Waals surface area (Å²) in [5, 5.41) is 0. The van der Waals surface area contributed by atoms with Gasteiger partial charge in [-0.3, -0.25) is 14.4 Å². The number of carbonyl (C=O) groups is 3. The van der Waals surface area contributed by atoms with Gasteiger partial charge in [-0.2, -0.15) is 0 Å². The molecule has 1 atom stereocenters. The van der Waals surface area contributed by atoms with Gasteiger partial charge in [-0.25, -0.2) is 0 Å². The van der Waals surface area contributed by atoms with Crippen LogP contribution < -0.4 is 0 Å². The van der Waals surface area contributed by atoms with E-state index >= 15 is 0 Å². The smallest absolute Gasteiger partial charge is 0.306 e. The fourth-order valence-electron chi connectivity index (χ4n) is 9.35. The lowest BCUT2D eigenvalue weighted by molar-refractivity contribution is -0.167. The van der Waals surface area contributed by atoms with Crippen LogP contribution in [0.5, 0.6) is 0 Å². The third kappa shape index (κ3) is 61.6. The first-order valence-corrected chi connectivity index (χ1v) is 32.4. The largest absolute Gasteiger partial charge is 0.462 e. The van der Waals surface area contributed by atoms with Crippen molar-refractivity contribution in [2.45, 2.75) is 335 Å². The molecule has 0 spiro atoms. The summed E-state index contributed by atoms with van der Waals surface area (Å²) in [4.78, 5) is 38.1. The van der Waals surface area contributed by atoms with E-state index in [9.17, 15) is 14.4 Å². The van der Waals surface area contributed by atoms with Gasteiger partial charge in [0.2, 0.25) is 0 Å². The van der Waals surface area contributed by atoms with Crippen LogP contribution in [0.15, 0.2) is 72.9 Å². The Labute approximate surface area is 465 Å². The van der Waals surface area contributed by atoms with Gasteiger partial charge in [0.25, 0.3) is 0 Å². The molecule has 0 radical (unpaired) electrons. The summed E-state index contributed by atoms with van der Waals surface area (Å²) in [7, 11) is 0. The first-order chi connectivity index (χ1) is 37.0. The molecule has 0 heterocycles. The van der Waals surface area contributed by atoms with Crippen molar-refractivity contribution in [1.29, 1.82) is 0 Å². The van der Waals surface area contributed by atoms with E-state index in [0.717, 1.165) is 96.3 Å². The van der Waals surface area contributed by atoms with E-state index in [1.807, 2.05) is 0 Å². The first-order valence-electron chi connectivity index (χ1n) is 32.4. The Morgan fingerprint density at radius 1 is 0.280 bits per heavy atom. The molecule has 0 aliphatic rings. The summed E-state index contributed by atoms with van der Waals surface area (Å²) in [6.45, 7) is 6.53. The first kappa shape index (κ1) is 71.8. The minimum atomic E-state index is -0.775. The fraction of sp³-hybridized carbons (Fsp3) is 0.783. The van der Waals surface area contributed by atoms with Gasteiger partial charge in [-0.1, -0.05) is 293 Å². The molecule has 0 N–H and O–H groups in total. The van der Waals surface area contributed by atoms with E-state index in [2.05, 4.69) is 93.7 Å². The van der Waals surface area contributed by atoms with Gasteiger partial charge >= 0.3 is 17.9 Å². The Bertz CT molecular complexity index is 1390. The molecule has 0 aliphatic carbocycles. The monoisotopic (exact) mass is 1050 g/mol. The highest BCUT2D eigenvalue weighted by atomic mass is 16.6. The SMILES string of the molecule is CC/C=C\C/C=C\C/C=C\C/C=C\C/C=C\CCCCCCCCCCCCCCCCCCCC(=O)OCC(COC(=O)CCCCCCCCCCCC)OC(=O)CCCCCCC/C=C\CCCCCCC. The molecule has 0 aromatic carbocycles. The Hall–Kier alpha value is -3.15. The van der Waals surface area contributed by atoms with Crippen LogP contribution in [-0.4, -0.2) is 37.2 Å². The molecule has 434 valence electrons. The Kier molecular flexibility index (Phi) is 60.7. The van der Waals surface area contributed by atoms with Crippen molar-refractivity contribution in [1.82, 2.24) is 0 Å². The van der Waals surface area contributed by atoms with Crippen LogP contribution in [0.3, 0.4) is 0 Å². The number of allylic oxidation sites excluding steroid dienone is 12. The van der Waals surface area contributed by atoms with Crippen molar-refractivity contribution in [3.8, 4) is 0 Å². The minimum Gasteiger partial charge on any atom is -0.462 e. The highest BCUT2D eigenvalue weighted by Gasteiger charge is 2.19. The maximum atomic E-state index is 12.8. The van der Waals surface area contributed by atoms with Gasteiger partial charge in [0.05, 0.1) is 0 Å². The van der Waals surface area contributed by atoms with Crippen molar-refractivity contribution in [3.05, 3.63) is 72.9 Å². The van der Waals surface area contributed by atoms with E-state index in [0.29, 0.717) is 19.3 Å². The number of ether oxygens (including phenoxy) is 3. The molecule has 1 unspecified atom stereocenters. The highest BCUT2D eigenvalue weighted by molar-refractivity contribution is 5.71. The maximum absolute atomic E-state index is 12.8. The van der Waals surface area contributed by atoms with E-state index < -0.39 is 6.10 Å². The maximum Gasteiger partial charge on any atom is 0.306 e. The van der Waals surface area contributed by atoms with E-state index in [1.165, 1.54) is 193 Å². The number of esters is 3. The summed E-state index contributed by atoms with van der Waals surface area (Å²) in [5.74, 6) is -0.868. The molecule has 0 saturated heterocycles. The van der Waals surface area contributed by atoms with Crippen molar-refractivity contribution in [3.63, 3.8) is 0 Å². The Balaban J connectivity index is 4.07. The van der Waals surface area contributed by atoms with Gasteiger partial charge < -0.3 is 14.2 Å². The summed E-state index contributed by atoms with van der Waals surface area (Å²) in [5.41, 5.74) is 0. The van der Waals surface area contributed by atoms with Gasteiger partial charge in [0.1, 0.15) is 13.2 Å². The van der Waals surface area contributed by atoms with Crippen molar-refractivity contribution < 1.29 is 28.6 Å². The van der Waals surface area contributed by atoms with Crippen LogP contribution in [0, 0.1) is 0 Å². The minimum absolute atomic E-state index is 0.0732. The third-order valence-corrected chi connectivity index (χ3v) is 14.2. The molecule has 75 heavy (non-hydrogen) atoms. The standard InChI is InChI=1S/C69H122O6/c1-4-7-10-13-16-19-22-24-26-27-28-29-30-31-32-33-34-35-36-37-38-39-40-41-42-43-44-46-47-50-53-56-59-62-68(71)74-65-66(64-73-67(70)61-58-55-52-49-21-18-15-12-9-6-3)75-69(72)63-60-57-54-51-48-45-25-23-20-17-14-11-8-5-2/h7,10,16,19,23-26,28-29,31-32,66H,4-6,8-9,11-15,17-18,20-22,27,30,33-65H2,1-3H3/b10-7-,19-16-,25-23-,26-24-,29-28-,32-31-. The number of hydrogen-bond acceptors (Lipinski definition) is 6. The van der Waals surface area contributed by atoms with E-state index in [-0.39, 0.29) is 31.1 Å². The van der Waals surface area contributed by atoms with Crippen molar-refractivity contribution >= 4 is 17.9 Å². The normalized spacial score (nSPS) is 12.5. The average Bonchev–Trinajstić information content (AvgIpc) is 3.41. The molecule has 0 amide bonds. The number of carbonyl (C=O) groups excluding carboxylic acids is 3.